The van der Waals surface area contributed by atoms with Crippen molar-refractivity contribution in [1.82, 2.24) is 4.98 Å². The number of aryl methyl sites for hydroxylation is 1. The van der Waals surface area contributed by atoms with Gasteiger partial charge in [-0.15, -0.1) is 0 Å². The number of ether oxygens (including phenoxy) is 2. The molecule has 0 aliphatic heterocycles. The summed E-state index contributed by atoms with van der Waals surface area (Å²) >= 11 is 0. The largest absolute Gasteiger partial charge is 0.496 e. The van der Waals surface area contributed by atoms with E-state index in [4.69, 9.17) is 17.3 Å². The van der Waals surface area contributed by atoms with Crippen LogP contribution in [0.4, 0.5) is 0 Å². The average Bonchev–Trinajstić information content (AvgIpc) is 2.34. The van der Waals surface area contributed by atoms with Gasteiger partial charge in [-0.25, -0.2) is 4.98 Å². The minimum atomic E-state index is 0.536. The Morgan fingerprint density at radius 1 is 1.35 bits per heavy atom. The Kier molecular flexibility index (Phi) is 3.22. The second-order valence-electron chi connectivity index (χ2n) is 3.79. The molecule has 0 saturated carbocycles. The predicted molar refractivity (Wildman–Crippen MR) is 69.6 cm³/mol. The molecule has 0 bridgehead atoms. The maximum atomic E-state index is 6.03. The van der Waals surface area contributed by atoms with E-state index in [2.05, 4.69) is 4.98 Å². The lowest BCUT2D eigenvalue weighted by atomic mass is 9.88. The molecule has 0 atom stereocenters. The number of hydrogen-bond acceptors (Lipinski definition) is 3. The third kappa shape index (κ3) is 2.07. The normalized spacial score (nSPS) is 10.5. The number of pyridine rings is 1. The van der Waals surface area contributed by atoms with Gasteiger partial charge in [0, 0.05) is 11.5 Å². The van der Waals surface area contributed by atoms with Gasteiger partial charge in [-0.3, -0.25) is 0 Å². The van der Waals surface area contributed by atoms with Crippen LogP contribution in [0.3, 0.4) is 0 Å². The summed E-state index contributed by atoms with van der Waals surface area (Å²) in [4.78, 5) is 4.41. The van der Waals surface area contributed by atoms with Gasteiger partial charge in [0.1, 0.15) is 13.6 Å². The van der Waals surface area contributed by atoms with E-state index in [1.54, 1.807) is 13.2 Å². The van der Waals surface area contributed by atoms with Crippen LogP contribution in [0.25, 0.3) is 10.9 Å². The van der Waals surface area contributed by atoms with Crippen LogP contribution in [0.15, 0.2) is 18.2 Å². The van der Waals surface area contributed by atoms with Crippen molar-refractivity contribution in [1.29, 1.82) is 0 Å². The summed E-state index contributed by atoms with van der Waals surface area (Å²) in [5, 5.41) is 0.902. The van der Waals surface area contributed by atoms with Crippen LogP contribution in [-0.2, 0) is 0 Å². The highest BCUT2D eigenvalue weighted by molar-refractivity contribution is 6.39. The van der Waals surface area contributed by atoms with Crippen molar-refractivity contribution in [3.8, 4) is 11.6 Å². The summed E-state index contributed by atoms with van der Waals surface area (Å²) in [6, 6.07) is 5.70. The summed E-state index contributed by atoms with van der Waals surface area (Å²) in [7, 11) is 7.66. The van der Waals surface area contributed by atoms with Gasteiger partial charge in [-0.1, -0.05) is 17.1 Å². The van der Waals surface area contributed by atoms with Crippen molar-refractivity contribution >= 4 is 24.2 Å². The topological polar surface area (TPSA) is 31.4 Å². The van der Waals surface area contributed by atoms with Gasteiger partial charge in [0.05, 0.1) is 19.2 Å². The first-order chi connectivity index (χ1) is 8.17. The lowest BCUT2D eigenvalue weighted by Crippen LogP contribution is -2.11. The van der Waals surface area contributed by atoms with Crippen LogP contribution in [0.1, 0.15) is 12.5 Å². The second-order valence-corrected chi connectivity index (χ2v) is 3.79. The minimum Gasteiger partial charge on any atom is -0.496 e. The zero-order chi connectivity index (χ0) is 12.4. The summed E-state index contributed by atoms with van der Waals surface area (Å²) in [5.74, 6) is 1.26. The van der Waals surface area contributed by atoms with Crippen molar-refractivity contribution in [3.05, 3.63) is 23.8 Å². The van der Waals surface area contributed by atoms with Crippen LogP contribution in [0.2, 0.25) is 0 Å². The van der Waals surface area contributed by atoms with Crippen molar-refractivity contribution in [3.63, 3.8) is 0 Å². The fourth-order valence-electron chi connectivity index (χ4n) is 1.75. The number of hydrogen-bond donors (Lipinski definition) is 0. The Morgan fingerprint density at radius 2 is 2.12 bits per heavy atom. The zero-order valence-electron chi connectivity index (χ0n) is 10.3. The molecule has 2 radical (unpaired) electrons. The van der Waals surface area contributed by atoms with Crippen LogP contribution in [-0.4, -0.2) is 26.5 Å². The summed E-state index contributed by atoms with van der Waals surface area (Å²) < 4.78 is 10.7. The van der Waals surface area contributed by atoms with Gasteiger partial charge in [-0.05, 0) is 19.9 Å². The first-order valence-electron chi connectivity index (χ1n) is 5.54. The molecule has 17 heavy (non-hydrogen) atoms. The van der Waals surface area contributed by atoms with Gasteiger partial charge in [0.25, 0.3) is 0 Å². The highest BCUT2D eigenvalue weighted by Crippen LogP contribution is 2.27. The molecule has 0 spiro atoms. The maximum Gasteiger partial charge on any atom is 0.217 e. The van der Waals surface area contributed by atoms with Crippen molar-refractivity contribution in [2.75, 3.05) is 13.7 Å². The third-order valence-electron chi connectivity index (χ3n) is 2.69. The van der Waals surface area contributed by atoms with Crippen molar-refractivity contribution in [2.45, 2.75) is 13.8 Å². The molecule has 0 saturated heterocycles. The molecule has 3 nitrogen and oxygen atoms in total. The smallest absolute Gasteiger partial charge is 0.217 e. The Balaban J connectivity index is 2.73. The van der Waals surface area contributed by atoms with E-state index in [1.165, 1.54) is 0 Å². The van der Waals surface area contributed by atoms with Gasteiger partial charge in [0.15, 0.2) is 0 Å². The van der Waals surface area contributed by atoms with Crippen molar-refractivity contribution < 1.29 is 9.47 Å². The Hall–Kier alpha value is -1.71. The van der Waals surface area contributed by atoms with E-state index in [1.807, 2.05) is 26.0 Å². The molecular weight excluding hydrogens is 213 g/mol. The highest BCUT2D eigenvalue weighted by Gasteiger charge is 2.09. The van der Waals surface area contributed by atoms with Crippen LogP contribution in [0, 0.1) is 6.92 Å². The number of benzene rings is 1. The summed E-state index contributed by atoms with van der Waals surface area (Å²) in [6.07, 6.45) is 0. The molecule has 1 aromatic carbocycles. The minimum absolute atomic E-state index is 0.536. The van der Waals surface area contributed by atoms with Gasteiger partial charge in [0.2, 0.25) is 5.88 Å². The molecule has 86 valence electrons. The average molecular weight is 227 g/mol. The Labute approximate surface area is 102 Å². The fourth-order valence-corrected chi connectivity index (χ4v) is 1.75. The fraction of sp³-hybridized carbons (Fsp3) is 0.308. The molecule has 0 N–H and O–H groups in total. The van der Waals surface area contributed by atoms with E-state index >= 15 is 0 Å². The Morgan fingerprint density at radius 3 is 2.76 bits per heavy atom. The van der Waals surface area contributed by atoms with Crippen LogP contribution < -0.4 is 14.9 Å². The first-order valence-corrected chi connectivity index (χ1v) is 5.54. The lowest BCUT2D eigenvalue weighted by molar-refractivity contribution is 0.325. The molecular formula is C13H14BNO2. The first kappa shape index (κ1) is 11.8. The molecule has 4 heteroatoms. The Bertz CT molecular complexity index is 555. The molecule has 2 rings (SSSR count). The molecule has 1 heterocycles. The number of nitrogens with zero attached hydrogens (tertiary/aromatic N) is 1. The maximum absolute atomic E-state index is 6.03. The van der Waals surface area contributed by atoms with Crippen LogP contribution >= 0.6 is 0 Å². The molecule has 0 aliphatic rings. The molecule has 0 amide bonds. The van der Waals surface area contributed by atoms with Gasteiger partial charge >= 0.3 is 0 Å². The summed E-state index contributed by atoms with van der Waals surface area (Å²) in [6.45, 7) is 4.43. The highest BCUT2D eigenvalue weighted by atomic mass is 16.5. The van der Waals surface area contributed by atoms with Crippen molar-refractivity contribution in [2.24, 2.45) is 0 Å². The molecule has 1 aromatic heterocycles. The molecule has 0 unspecified atom stereocenters. The quantitative estimate of drug-likeness (QED) is 0.748. The van der Waals surface area contributed by atoms with E-state index < -0.39 is 0 Å². The SMILES string of the molecule is [B]c1c(C)ccc2c(OC)cc(OCC)nc12. The van der Waals surface area contributed by atoms with E-state index in [0.717, 1.165) is 22.2 Å². The standard InChI is InChI=1S/C13H14BNO2/c1-4-17-11-7-10(16-3)9-6-5-8(2)12(14)13(9)15-11/h5-7H,4H2,1-3H3. The predicted octanol–water partition coefficient (Wildman–Crippen LogP) is 1.74. The van der Waals surface area contributed by atoms with Gasteiger partial charge < -0.3 is 9.47 Å². The lowest BCUT2D eigenvalue weighted by Gasteiger charge is -2.11. The zero-order valence-corrected chi connectivity index (χ0v) is 10.3. The van der Waals surface area contributed by atoms with E-state index in [0.29, 0.717) is 17.9 Å². The van der Waals surface area contributed by atoms with E-state index in [9.17, 15) is 0 Å². The number of rotatable bonds is 3. The molecule has 2 aromatic rings. The van der Waals surface area contributed by atoms with Gasteiger partial charge in [-0.2, -0.15) is 0 Å². The number of methoxy groups -OCH3 is 1. The second kappa shape index (κ2) is 4.66. The molecule has 0 aliphatic carbocycles. The monoisotopic (exact) mass is 227 g/mol. The molecule has 0 fully saturated rings. The van der Waals surface area contributed by atoms with Crippen LogP contribution in [0.5, 0.6) is 11.6 Å². The number of aromatic nitrogens is 1. The third-order valence-corrected chi connectivity index (χ3v) is 2.69. The summed E-state index contributed by atoms with van der Waals surface area (Å²) in [5.41, 5.74) is 2.40. The number of fused-ring (bicyclic) bond motifs is 1. The van der Waals surface area contributed by atoms with E-state index in [-0.39, 0.29) is 0 Å².